The average Bonchev–Trinajstić information content (AvgIpc) is 3.08. The first-order valence-corrected chi connectivity index (χ1v) is 9.03. The number of carbonyl (C=O) groups excluding carboxylic acids is 2. The van der Waals surface area contributed by atoms with Crippen molar-refractivity contribution >= 4 is 29.9 Å². The van der Waals surface area contributed by atoms with Gasteiger partial charge in [0, 0.05) is 25.8 Å². The highest BCUT2D eigenvalue weighted by molar-refractivity contribution is 5.95. The number of carbonyl (C=O) groups is 2. The van der Waals surface area contributed by atoms with Gasteiger partial charge in [-0.15, -0.1) is 12.4 Å². The maximum Gasteiger partial charge on any atom is 0.252 e. The summed E-state index contributed by atoms with van der Waals surface area (Å²) in [5.41, 5.74) is 1.15. The van der Waals surface area contributed by atoms with Gasteiger partial charge in [0.1, 0.15) is 5.60 Å². The lowest BCUT2D eigenvalue weighted by molar-refractivity contribution is -0.147. The Bertz CT molecular complexity index is 647. The minimum Gasteiger partial charge on any atom is -0.368 e. The molecule has 1 aromatic carbocycles. The maximum atomic E-state index is 12.8. The second-order valence-corrected chi connectivity index (χ2v) is 6.89. The van der Waals surface area contributed by atoms with Gasteiger partial charge in [0.05, 0.1) is 6.04 Å². The molecule has 2 aliphatic heterocycles. The van der Waals surface area contributed by atoms with Gasteiger partial charge in [-0.3, -0.25) is 9.59 Å². The number of hydrogen-bond donors (Lipinski definition) is 2. The number of hydrogen-bond acceptors (Lipinski definition) is 4. The van der Waals surface area contributed by atoms with E-state index in [2.05, 4.69) is 10.6 Å². The van der Waals surface area contributed by atoms with Crippen LogP contribution in [0.2, 0.25) is 0 Å². The first-order valence-electron chi connectivity index (χ1n) is 9.03. The molecule has 0 radical (unpaired) electrons. The zero-order valence-corrected chi connectivity index (χ0v) is 16.2. The Kier molecular flexibility index (Phi) is 7.03. The molecule has 2 saturated heterocycles. The molecule has 2 amide bonds. The normalized spacial score (nSPS) is 20.4. The van der Waals surface area contributed by atoms with E-state index in [1.165, 1.54) is 0 Å². The van der Waals surface area contributed by atoms with Crippen molar-refractivity contribution in [2.24, 2.45) is 0 Å². The minimum absolute atomic E-state index is 0. The second kappa shape index (κ2) is 8.84. The molecule has 6 nitrogen and oxygen atoms in total. The molecule has 3 rings (SSSR count). The van der Waals surface area contributed by atoms with E-state index in [1.807, 2.05) is 36.1 Å². The predicted octanol–water partition coefficient (Wildman–Crippen LogP) is 2.18. The number of methoxy groups -OCH3 is 1. The number of piperidine rings is 1. The number of anilines is 1. The lowest BCUT2D eigenvalue weighted by Gasteiger charge is -2.35. The first-order chi connectivity index (χ1) is 12.1. The Hall–Kier alpha value is -1.63. The molecule has 2 aliphatic rings. The lowest BCUT2D eigenvalue weighted by Crippen LogP contribution is -2.54. The third-order valence-corrected chi connectivity index (χ3v) is 5.32. The maximum absolute atomic E-state index is 12.8. The summed E-state index contributed by atoms with van der Waals surface area (Å²) in [6, 6.07) is 7.72. The van der Waals surface area contributed by atoms with E-state index in [1.54, 1.807) is 7.11 Å². The van der Waals surface area contributed by atoms with Crippen LogP contribution in [0, 0.1) is 0 Å². The van der Waals surface area contributed by atoms with Gasteiger partial charge in [-0.2, -0.15) is 0 Å². The molecule has 1 aromatic rings. The van der Waals surface area contributed by atoms with Crippen LogP contribution in [0.1, 0.15) is 44.2 Å². The van der Waals surface area contributed by atoms with Gasteiger partial charge in [-0.05, 0) is 57.0 Å². The predicted molar refractivity (Wildman–Crippen MR) is 104 cm³/mol. The van der Waals surface area contributed by atoms with Crippen molar-refractivity contribution in [3.05, 3.63) is 29.8 Å². The highest BCUT2D eigenvalue weighted by atomic mass is 35.5. The molecule has 0 aromatic heterocycles. The molecule has 0 saturated carbocycles. The number of ether oxygens (including phenoxy) is 1. The molecular formula is C19H28ClN3O3. The topological polar surface area (TPSA) is 70.7 Å². The van der Waals surface area contributed by atoms with Gasteiger partial charge < -0.3 is 20.3 Å². The standard InChI is InChI=1S/C19H27N3O3.ClH/c1-14(21-18(24)19(25-2)8-10-20-11-9-19)15-5-3-6-16(13-15)22-12-4-7-17(22)23;/h3,5-6,13-14,20H,4,7-12H2,1-2H3,(H,21,24);1H. The third-order valence-electron chi connectivity index (χ3n) is 5.32. The molecule has 7 heteroatoms. The zero-order chi connectivity index (χ0) is 17.9. The number of nitrogens with one attached hydrogen (secondary N) is 2. The van der Waals surface area contributed by atoms with Crippen LogP contribution in [0.4, 0.5) is 5.69 Å². The summed E-state index contributed by atoms with van der Waals surface area (Å²) >= 11 is 0. The van der Waals surface area contributed by atoms with Gasteiger partial charge in [-0.1, -0.05) is 12.1 Å². The summed E-state index contributed by atoms with van der Waals surface area (Å²) in [7, 11) is 1.61. The molecule has 2 N–H and O–H groups in total. The summed E-state index contributed by atoms with van der Waals surface area (Å²) in [4.78, 5) is 26.6. The van der Waals surface area contributed by atoms with Gasteiger partial charge in [0.15, 0.2) is 0 Å². The van der Waals surface area contributed by atoms with Crippen molar-refractivity contribution < 1.29 is 14.3 Å². The first kappa shape index (κ1) is 20.7. The third kappa shape index (κ3) is 4.19. The van der Waals surface area contributed by atoms with Crippen LogP contribution < -0.4 is 15.5 Å². The molecule has 26 heavy (non-hydrogen) atoms. The van der Waals surface area contributed by atoms with Crippen LogP contribution in [-0.2, 0) is 14.3 Å². The monoisotopic (exact) mass is 381 g/mol. The van der Waals surface area contributed by atoms with Gasteiger partial charge in [0.25, 0.3) is 5.91 Å². The van der Waals surface area contributed by atoms with Crippen LogP contribution >= 0.6 is 12.4 Å². The quantitative estimate of drug-likeness (QED) is 0.820. The van der Waals surface area contributed by atoms with E-state index in [0.29, 0.717) is 19.3 Å². The molecule has 144 valence electrons. The Morgan fingerprint density at radius 1 is 1.35 bits per heavy atom. The van der Waals surface area contributed by atoms with E-state index in [0.717, 1.165) is 37.3 Å². The molecule has 0 aliphatic carbocycles. The van der Waals surface area contributed by atoms with E-state index in [-0.39, 0.29) is 30.3 Å². The summed E-state index contributed by atoms with van der Waals surface area (Å²) in [5.74, 6) is 0.105. The van der Waals surface area contributed by atoms with Crippen molar-refractivity contribution in [1.82, 2.24) is 10.6 Å². The molecule has 0 bridgehead atoms. The van der Waals surface area contributed by atoms with E-state index < -0.39 is 5.60 Å². The highest BCUT2D eigenvalue weighted by Crippen LogP contribution is 2.27. The lowest BCUT2D eigenvalue weighted by atomic mass is 9.90. The second-order valence-electron chi connectivity index (χ2n) is 6.89. The fourth-order valence-corrected chi connectivity index (χ4v) is 3.65. The summed E-state index contributed by atoms with van der Waals surface area (Å²) < 4.78 is 5.59. The van der Waals surface area contributed by atoms with Gasteiger partial charge >= 0.3 is 0 Å². The van der Waals surface area contributed by atoms with Crippen molar-refractivity contribution in [1.29, 1.82) is 0 Å². The Balaban J connectivity index is 0.00000243. The number of nitrogens with zero attached hydrogens (tertiary/aromatic N) is 1. The number of halogens is 1. The van der Waals surface area contributed by atoms with Crippen LogP contribution in [0.3, 0.4) is 0 Å². The van der Waals surface area contributed by atoms with Crippen molar-refractivity contribution in [2.45, 2.75) is 44.2 Å². The largest absolute Gasteiger partial charge is 0.368 e. The fourth-order valence-electron chi connectivity index (χ4n) is 3.65. The number of rotatable bonds is 5. The summed E-state index contributed by atoms with van der Waals surface area (Å²) in [6.07, 6.45) is 2.86. The number of amides is 2. The number of benzene rings is 1. The molecule has 0 spiro atoms. The van der Waals surface area contributed by atoms with Crippen molar-refractivity contribution in [3.63, 3.8) is 0 Å². The molecule has 1 atom stereocenters. The van der Waals surface area contributed by atoms with Crippen molar-refractivity contribution in [2.75, 3.05) is 31.6 Å². The Morgan fingerprint density at radius 3 is 2.69 bits per heavy atom. The summed E-state index contributed by atoms with van der Waals surface area (Å²) in [6.45, 7) is 4.29. The SMILES string of the molecule is COC1(C(=O)NC(C)c2cccc(N3CCCC3=O)c2)CCNCC1.Cl. The van der Waals surface area contributed by atoms with E-state index in [4.69, 9.17) is 4.74 Å². The van der Waals surface area contributed by atoms with E-state index >= 15 is 0 Å². The van der Waals surface area contributed by atoms with Crippen LogP contribution in [0.5, 0.6) is 0 Å². The Labute approximate surface area is 161 Å². The van der Waals surface area contributed by atoms with Crippen molar-refractivity contribution in [3.8, 4) is 0 Å². The Morgan fingerprint density at radius 2 is 2.08 bits per heavy atom. The van der Waals surface area contributed by atoms with Gasteiger partial charge in [0.2, 0.25) is 5.91 Å². The highest BCUT2D eigenvalue weighted by Gasteiger charge is 2.40. The average molecular weight is 382 g/mol. The van der Waals surface area contributed by atoms with Gasteiger partial charge in [-0.25, -0.2) is 0 Å². The summed E-state index contributed by atoms with van der Waals surface area (Å²) in [5, 5.41) is 6.35. The van der Waals surface area contributed by atoms with Crippen LogP contribution in [0.25, 0.3) is 0 Å². The fraction of sp³-hybridized carbons (Fsp3) is 0.579. The smallest absolute Gasteiger partial charge is 0.252 e. The molecule has 1 unspecified atom stereocenters. The van der Waals surface area contributed by atoms with Crippen LogP contribution in [0.15, 0.2) is 24.3 Å². The zero-order valence-electron chi connectivity index (χ0n) is 15.4. The molecule has 2 heterocycles. The molecule has 2 fully saturated rings. The minimum atomic E-state index is -0.748. The van der Waals surface area contributed by atoms with Crippen LogP contribution in [-0.4, -0.2) is 44.2 Å². The molecular weight excluding hydrogens is 354 g/mol. The van der Waals surface area contributed by atoms with E-state index in [9.17, 15) is 9.59 Å².